The molecule has 0 atom stereocenters. The summed E-state index contributed by atoms with van der Waals surface area (Å²) in [7, 11) is 0. The van der Waals surface area contributed by atoms with Crippen LogP contribution in [0.1, 0.15) is 12.5 Å². The zero-order chi connectivity index (χ0) is 22.6. The molecule has 0 fully saturated rings. The van der Waals surface area contributed by atoms with Gasteiger partial charge in [-0.25, -0.2) is 4.98 Å². The maximum Gasteiger partial charge on any atom is 0.248 e. The Morgan fingerprint density at radius 1 is 0.970 bits per heavy atom. The Balaban J connectivity index is 1.40. The number of anilines is 1. The average Bonchev–Trinajstić information content (AvgIpc) is 3.29. The fourth-order valence-corrected chi connectivity index (χ4v) is 3.74. The molecule has 1 N–H and O–H groups in total. The lowest BCUT2D eigenvalue weighted by molar-refractivity contribution is -0.111. The number of benzene rings is 4. The number of ether oxygens (including phenoxy) is 1. The Morgan fingerprint density at radius 3 is 2.61 bits per heavy atom. The molecule has 5 aromatic rings. The van der Waals surface area contributed by atoms with Crippen LogP contribution < -0.4 is 10.1 Å². The zero-order valence-electron chi connectivity index (χ0n) is 18.1. The number of hydrogen-bond donors (Lipinski definition) is 1. The largest absolute Gasteiger partial charge is 0.494 e. The smallest absolute Gasteiger partial charge is 0.248 e. The molecule has 0 spiro atoms. The van der Waals surface area contributed by atoms with Gasteiger partial charge in [0.1, 0.15) is 11.3 Å². The summed E-state index contributed by atoms with van der Waals surface area (Å²) in [6, 6.07) is 27.1. The van der Waals surface area contributed by atoms with Crippen molar-refractivity contribution in [1.29, 1.82) is 0 Å². The molecular weight excluding hydrogens is 412 g/mol. The lowest BCUT2D eigenvalue weighted by Crippen LogP contribution is -2.08. The SMILES string of the molecule is CCOc1ccc(C=CC(=O)Nc2ccccc2-c2nc3c(ccc4ccccc43)o2)cc1. The second kappa shape index (κ2) is 9.01. The molecule has 5 heteroatoms. The standard InChI is InChI=1S/C28H22N2O3/c1-2-32-21-15-11-19(12-16-21)13-18-26(31)29-24-10-6-5-9-23(24)28-30-27-22-8-4-3-7-20(22)14-17-25(27)33-28/h3-18H,2H2,1H3,(H,29,31). The zero-order valence-corrected chi connectivity index (χ0v) is 18.1. The number of aromatic nitrogens is 1. The average molecular weight is 434 g/mol. The highest BCUT2D eigenvalue weighted by Crippen LogP contribution is 2.33. The Kier molecular flexibility index (Phi) is 5.60. The van der Waals surface area contributed by atoms with Gasteiger partial charge in [-0.05, 0) is 54.3 Å². The third-order valence-corrected chi connectivity index (χ3v) is 5.32. The second-order valence-corrected chi connectivity index (χ2v) is 7.52. The van der Waals surface area contributed by atoms with E-state index in [1.807, 2.05) is 91.9 Å². The Hall–Kier alpha value is -4.38. The predicted molar refractivity (Wildman–Crippen MR) is 132 cm³/mol. The van der Waals surface area contributed by atoms with Crippen LogP contribution in [-0.2, 0) is 4.79 Å². The van der Waals surface area contributed by atoms with E-state index in [-0.39, 0.29) is 5.91 Å². The molecule has 0 radical (unpaired) electrons. The van der Waals surface area contributed by atoms with Crippen molar-refractivity contribution in [2.24, 2.45) is 0 Å². The van der Waals surface area contributed by atoms with Crippen LogP contribution in [0.3, 0.4) is 0 Å². The first-order valence-electron chi connectivity index (χ1n) is 10.8. The van der Waals surface area contributed by atoms with Gasteiger partial charge in [0, 0.05) is 11.5 Å². The van der Waals surface area contributed by atoms with E-state index in [2.05, 4.69) is 5.32 Å². The molecule has 0 bridgehead atoms. The summed E-state index contributed by atoms with van der Waals surface area (Å²) in [5.74, 6) is 1.03. The van der Waals surface area contributed by atoms with Gasteiger partial charge in [0.25, 0.3) is 0 Å². The number of nitrogens with zero attached hydrogens (tertiary/aromatic N) is 1. The lowest BCUT2D eigenvalue weighted by Gasteiger charge is -2.07. The van der Waals surface area contributed by atoms with Crippen LogP contribution in [0.2, 0.25) is 0 Å². The maximum atomic E-state index is 12.6. The molecule has 0 unspecified atom stereocenters. The molecule has 1 amide bonds. The van der Waals surface area contributed by atoms with Crippen molar-refractivity contribution >= 4 is 39.5 Å². The lowest BCUT2D eigenvalue weighted by atomic mass is 10.1. The summed E-state index contributed by atoms with van der Waals surface area (Å²) < 4.78 is 11.5. The fraction of sp³-hybridized carbons (Fsp3) is 0.0714. The molecule has 0 aliphatic carbocycles. The molecule has 0 aliphatic heterocycles. The monoisotopic (exact) mass is 434 g/mol. The summed E-state index contributed by atoms with van der Waals surface area (Å²) in [6.45, 7) is 2.56. The van der Waals surface area contributed by atoms with Gasteiger partial charge in [-0.3, -0.25) is 4.79 Å². The molecule has 1 aromatic heterocycles. The van der Waals surface area contributed by atoms with Crippen LogP contribution in [0.15, 0.2) is 95.4 Å². The van der Waals surface area contributed by atoms with Crippen molar-refractivity contribution in [2.45, 2.75) is 6.92 Å². The van der Waals surface area contributed by atoms with Crippen molar-refractivity contribution in [3.63, 3.8) is 0 Å². The van der Waals surface area contributed by atoms with Crippen LogP contribution in [-0.4, -0.2) is 17.5 Å². The number of amides is 1. The minimum Gasteiger partial charge on any atom is -0.494 e. The number of hydrogen-bond acceptors (Lipinski definition) is 4. The molecule has 0 saturated carbocycles. The van der Waals surface area contributed by atoms with E-state index in [0.717, 1.165) is 33.2 Å². The van der Waals surface area contributed by atoms with Crippen molar-refractivity contribution in [2.75, 3.05) is 11.9 Å². The van der Waals surface area contributed by atoms with E-state index in [1.54, 1.807) is 6.08 Å². The van der Waals surface area contributed by atoms with Gasteiger partial charge < -0.3 is 14.5 Å². The third kappa shape index (κ3) is 4.34. The Bertz CT molecular complexity index is 1470. The molecule has 162 valence electrons. The van der Waals surface area contributed by atoms with Gasteiger partial charge in [0.2, 0.25) is 11.8 Å². The molecule has 5 rings (SSSR count). The van der Waals surface area contributed by atoms with Gasteiger partial charge in [0.05, 0.1) is 17.9 Å². The highest BCUT2D eigenvalue weighted by molar-refractivity contribution is 6.06. The third-order valence-electron chi connectivity index (χ3n) is 5.32. The quantitative estimate of drug-likeness (QED) is 0.302. The summed E-state index contributed by atoms with van der Waals surface area (Å²) in [4.78, 5) is 17.4. The number of carbonyl (C=O) groups is 1. The van der Waals surface area contributed by atoms with Gasteiger partial charge in [-0.2, -0.15) is 0 Å². The molecule has 5 nitrogen and oxygen atoms in total. The molecular formula is C28H22N2O3. The van der Waals surface area contributed by atoms with Crippen molar-refractivity contribution in [1.82, 2.24) is 4.98 Å². The van der Waals surface area contributed by atoms with E-state index in [9.17, 15) is 4.79 Å². The molecule has 0 aliphatic rings. The van der Waals surface area contributed by atoms with Crippen LogP contribution in [0.4, 0.5) is 5.69 Å². The number of para-hydroxylation sites is 1. The summed E-state index contributed by atoms with van der Waals surface area (Å²) in [6.07, 6.45) is 3.27. The highest BCUT2D eigenvalue weighted by atomic mass is 16.5. The van der Waals surface area contributed by atoms with Crippen LogP contribution >= 0.6 is 0 Å². The first kappa shape index (κ1) is 20.5. The van der Waals surface area contributed by atoms with Crippen LogP contribution in [0.25, 0.3) is 39.4 Å². The molecule has 33 heavy (non-hydrogen) atoms. The number of fused-ring (bicyclic) bond motifs is 3. The fourth-order valence-electron chi connectivity index (χ4n) is 3.74. The normalized spacial score (nSPS) is 11.3. The van der Waals surface area contributed by atoms with Crippen LogP contribution in [0.5, 0.6) is 5.75 Å². The summed E-state index contributed by atoms with van der Waals surface area (Å²) >= 11 is 0. The van der Waals surface area contributed by atoms with E-state index >= 15 is 0 Å². The first-order chi connectivity index (χ1) is 16.2. The predicted octanol–water partition coefficient (Wildman–Crippen LogP) is 6.70. The molecule has 4 aromatic carbocycles. The molecule has 0 saturated heterocycles. The minimum atomic E-state index is -0.238. The first-order valence-corrected chi connectivity index (χ1v) is 10.8. The van der Waals surface area contributed by atoms with Crippen molar-refractivity contribution in [3.8, 4) is 17.2 Å². The van der Waals surface area contributed by atoms with Crippen molar-refractivity contribution in [3.05, 3.63) is 96.6 Å². The van der Waals surface area contributed by atoms with Gasteiger partial charge in [0.15, 0.2) is 5.58 Å². The van der Waals surface area contributed by atoms with Crippen molar-refractivity contribution < 1.29 is 13.9 Å². The van der Waals surface area contributed by atoms with Gasteiger partial charge >= 0.3 is 0 Å². The van der Waals surface area contributed by atoms with E-state index in [4.69, 9.17) is 14.1 Å². The van der Waals surface area contributed by atoms with Gasteiger partial charge in [-0.15, -0.1) is 0 Å². The number of carbonyl (C=O) groups excluding carboxylic acids is 1. The molecule has 1 heterocycles. The topological polar surface area (TPSA) is 64.4 Å². The van der Waals surface area contributed by atoms with Crippen LogP contribution in [0, 0.1) is 0 Å². The number of nitrogens with one attached hydrogen (secondary N) is 1. The minimum absolute atomic E-state index is 0.238. The second-order valence-electron chi connectivity index (χ2n) is 7.52. The van der Waals surface area contributed by atoms with E-state index in [1.165, 1.54) is 6.08 Å². The Labute approximate surface area is 191 Å². The summed E-state index contributed by atoms with van der Waals surface area (Å²) in [5, 5.41) is 5.08. The van der Waals surface area contributed by atoms with E-state index in [0.29, 0.717) is 23.8 Å². The Morgan fingerprint density at radius 2 is 1.76 bits per heavy atom. The summed E-state index contributed by atoms with van der Waals surface area (Å²) in [5.41, 5.74) is 3.78. The number of oxazole rings is 1. The van der Waals surface area contributed by atoms with Gasteiger partial charge in [-0.1, -0.05) is 54.6 Å². The maximum absolute atomic E-state index is 12.6. The number of rotatable bonds is 6. The van der Waals surface area contributed by atoms with E-state index < -0.39 is 0 Å². The highest BCUT2D eigenvalue weighted by Gasteiger charge is 2.14.